The first-order valence-corrected chi connectivity index (χ1v) is 13.3. The van der Waals surface area contributed by atoms with Crippen LogP contribution in [0.15, 0.2) is 57.8 Å². The van der Waals surface area contributed by atoms with Crippen molar-refractivity contribution in [1.82, 2.24) is 4.72 Å². The molecule has 6 nitrogen and oxygen atoms in total. The molecule has 1 aliphatic carbocycles. The molecule has 1 atom stereocenters. The van der Waals surface area contributed by atoms with Gasteiger partial charge >= 0.3 is 5.97 Å². The van der Waals surface area contributed by atoms with Gasteiger partial charge in [0.1, 0.15) is 17.4 Å². The number of aliphatic carboxylic acids is 1. The fourth-order valence-electron chi connectivity index (χ4n) is 4.58. The molecule has 0 spiro atoms. The second kappa shape index (κ2) is 10.5. The molecule has 0 bridgehead atoms. The molecule has 176 valence electrons. The number of hydrogen-bond donors (Lipinski definition) is 2. The highest BCUT2D eigenvalue weighted by Gasteiger charge is 2.26. The number of furan rings is 1. The van der Waals surface area contributed by atoms with E-state index in [1.807, 2.05) is 18.2 Å². The van der Waals surface area contributed by atoms with Gasteiger partial charge in [-0.05, 0) is 56.2 Å². The van der Waals surface area contributed by atoms with E-state index in [2.05, 4.69) is 16.9 Å². The zero-order chi connectivity index (χ0) is 23.3. The van der Waals surface area contributed by atoms with Gasteiger partial charge in [0.25, 0.3) is 0 Å². The molecule has 1 heterocycles. The lowest BCUT2D eigenvalue weighted by molar-refractivity contribution is -0.139. The second-order valence-electron chi connectivity index (χ2n) is 8.82. The number of benzene rings is 2. The number of sulfonamides is 1. The van der Waals surface area contributed by atoms with E-state index in [4.69, 9.17) is 4.42 Å². The first kappa shape index (κ1) is 23.5. The Morgan fingerprint density at radius 2 is 1.76 bits per heavy atom. The van der Waals surface area contributed by atoms with Crippen molar-refractivity contribution in [2.45, 2.75) is 75.1 Å². The first-order chi connectivity index (χ1) is 15.9. The van der Waals surface area contributed by atoms with Gasteiger partial charge < -0.3 is 9.52 Å². The van der Waals surface area contributed by atoms with Crippen LogP contribution < -0.4 is 4.72 Å². The van der Waals surface area contributed by atoms with Crippen LogP contribution in [0.1, 0.15) is 61.8 Å². The van der Waals surface area contributed by atoms with Gasteiger partial charge in [-0.15, -0.1) is 0 Å². The van der Waals surface area contributed by atoms with Crippen molar-refractivity contribution in [3.05, 3.63) is 65.4 Å². The quantitative estimate of drug-likeness (QED) is 0.375. The Morgan fingerprint density at radius 3 is 2.55 bits per heavy atom. The van der Waals surface area contributed by atoms with Crippen LogP contribution in [0.25, 0.3) is 11.0 Å². The van der Waals surface area contributed by atoms with Crippen molar-refractivity contribution >= 4 is 27.0 Å². The third-order valence-electron chi connectivity index (χ3n) is 6.39. The van der Waals surface area contributed by atoms with Gasteiger partial charge in [0.2, 0.25) is 10.0 Å². The van der Waals surface area contributed by atoms with Gasteiger partial charge in [-0.3, -0.25) is 4.79 Å². The van der Waals surface area contributed by atoms with Gasteiger partial charge in [-0.1, -0.05) is 49.6 Å². The Bertz CT molecular complexity index is 1200. The molecule has 2 N–H and O–H groups in total. The van der Waals surface area contributed by atoms with Crippen LogP contribution in [0.5, 0.6) is 0 Å². The Balaban J connectivity index is 1.33. The minimum Gasteiger partial charge on any atom is -0.480 e. The molecule has 4 rings (SSSR count). The van der Waals surface area contributed by atoms with Crippen LogP contribution in [0.4, 0.5) is 0 Å². The summed E-state index contributed by atoms with van der Waals surface area (Å²) in [6.45, 7) is 0. The van der Waals surface area contributed by atoms with Gasteiger partial charge in [-0.25, -0.2) is 8.42 Å². The Morgan fingerprint density at radius 1 is 1.00 bits per heavy atom. The highest BCUT2D eigenvalue weighted by molar-refractivity contribution is 7.89. The molecule has 0 fully saturated rings. The van der Waals surface area contributed by atoms with Crippen molar-refractivity contribution in [3.8, 4) is 0 Å². The summed E-state index contributed by atoms with van der Waals surface area (Å²) in [5.74, 6) is -0.216. The Kier molecular flexibility index (Phi) is 7.50. The highest BCUT2D eigenvalue weighted by Crippen LogP contribution is 2.33. The fourth-order valence-corrected chi connectivity index (χ4v) is 5.81. The van der Waals surface area contributed by atoms with Crippen molar-refractivity contribution in [3.63, 3.8) is 0 Å². The van der Waals surface area contributed by atoms with Crippen LogP contribution in [0, 0.1) is 0 Å². The smallest absolute Gasteiger partial charge is 0.321 e. The average Bonchev–Trinajstić information content (AvgIpc) is 3.19. The average molecular weight is 470 g/mol. The number of carbonyl (C=O) groups is 1. The van der Waals surface area contributed by atoms with E-state index < -0.39 is 22.0 Å². The molecule has 33 heavy (non-hydrogen) atoms. The molecular weight excluding hydrogens is 438 g/mol. The molecule has 0 radical (unpaired) electrons. The Labute approximate surface area is 195 Å². The molecule has 2 aromatic carbocycles. The number of fused-ring (bicyclic) bond motifs is 3. The largest absolute Gasteiger partial charge is 0.480 e. The number of carboxylic acids is 1. The monoisotopic (exact) mass is 469 g/mol. The lowest BCUT2D eigenvalue weighted by Gasteiger charge is -2.15. The van der Waals surface area contributed by atoms with Crippen molar-refractivity contribution in [1.29, 1.82) is 0 Å². The summed E-state index contributed by atoms with van der Waals surface area (Å²) in [6.07, 6.45) is 8.78. The molecule has 1 aliphatic rings. The molecule has 0 amide bonds. The molecule has 1 aromatic heterocycles. The summed E-state index contributed by atoms with van der Waals surface area (Å²) < 4.78 is 34.1. The molecular formula is C26H31NO5S. The van der Waals surface area contributed by atoms with Gasteiger partial charge in [0.05, 0.1) is 4.90 Å². The fraction of sp³-hybridized carbons (Fsp3) is 0.423. The number of aryl methyl sites for hydroxylation is 3. The summed E-state index contributed by atoms with van der Waals surface area (Å²) in [7, 11) is -3.97. The molecule has 0 unspecified atom stereocenters. The minimum absolute atomic E-state index is 0.0372. The van der Waals surface area contributed by atoms with E-state index in [0.717, 1.165) is 62.5 Å². The predicted octanol–water partition coefficient (Wildman–Crippen LogP) is 5.24. The summed E-state index contributed by atoms with van der Waals surface area (Å²) in [4.78, 5) is 11.8. The van der Waals surface area contributed by atoms with Gasteiger partial charge in [0, 0.05) is 23.4 Å². The summed E-state index contributed by atoms with van der Waals surface area (Å²) in [5, 5.41) is 10.5. The SMILES string of the molecule is O=C(O)[C@H](CCCCCCc1ccccc1)NS(=O)(=O)c1ccc2c3c(oc2c1)CCCC3. The van der Waals surface area contributed by atoms with Crippen molar-refractivity contribution in [2.75, 3.05) is 0 Å². The normalized spacial score (nSPS) is 14.8. The summed E-state index contributed by atoms with van der Waals surface area (Å²) in [5.41, 5.74) is 3.02. The zero-order valence-corrected chi connectivity index (χ0v) is 19.6. The molecule has 0 aliphatic heterocycles. The summed E-state index contributed by atoms with van der Waals surface area (Å²) >= 11 is 0. The topological polar surface area (TPSA) is 96.6 Å². The van der Waals surface area contributed by atoms with E-state index in [1.165, 1.54) is 23.3 Å². The standard InChI is InChI=1S/C26H31NO5S/c28-26(29)23(14-7-2-1-4-10-19-11-5-3-6-12-19)27-33(30,31)20-16-17-22-21-13-8-9-15-24(21)32-25(22)18-20/h3,5-6,11-12,16-18,23,27H,1-2,4,7-10,13-15H2,(H,28,29)/t23-/m0/s1. The highest BCUT2D eigenvalue weighted by atomic mass is 32.2. The van der Waals surface area contributed by atoms with E-state index in [9.17, 15) is 18.3 Å². The first-order valence-electron chi connectivity index (χ1n) is 11.8. The van der Waals surface area contributed by atoms with Crippen LogP contribution >= 0.6 is 0 Å². The van der Waals surface area contributed by atoms with Crippen LogP contribution in [0.2, 0.25) is 0 Å². The van der Waals surface area contributed by atoms with E-state index >= 15 is 0 Å². The maximum Gasteiger partial charge on any atom is 0.321 e. The van der Waals surface area contributed by atoms with Crippen LogP contribution in [-0.2, 0) is 34.1 Å². The maximum absolute atomic E-state index is 12.9. The molecule has 7 heteroatoms. The van der Waals surface area contributed by atoms with Gasteiger partial charge in [0.15, 0.2) is 0 Å². The van der Waals surface area contributed by atoms with Crippen LogP contribution in [0.3, 0.4) is 0 Å². The Hall–Kier alpha value is -2.64. The molecule has 3 aromatic rings. The third kappa shape index (κ3) is 5.84. The number of hydrogen-bond acceptors (Lipinski definition) is 4. The number of carboxylic acid groups (broad SMARTS) is 1. The lowest BCUT2D eigenvalue weighted by atomic mass is 9.96. The number of nitrogens with one attached hydrogen (secondary N) is 1. The van der Waals surface area contributed by atoms with Crippen molar-refractivity contribution in [2.24, 2.45) is 0 Å². The number of rotatable bonds is 11. The maximum atomic E-state index is 12.9. The number of unbranched alkanes of at least 4 members (excludes halogenated alkanes) is 3. The minimum atomic E-state index is -3.97. The summed E-state index contributed by atoms with van der Waals surface area (Å²) in [6, 6.07) is 13.9. The molecule has 0 saturated carbocycles. The molecule has 0 saturated heterocycles. The van der Waals surface area contributed by atoms with E-state index in [-0.39, 0.29) is 11.3 Å². The van der Waals surface area contributed by atoms with Gasteiger partial charge in [-0.2, -0.15) is 4.72 Å². The lowest BCUT2D eigenvalue weighted by Crippen LogP contribution is -2.40. The van der Waals surface area contributed by atoms with E-state index in [0.29, 0.717) is 12.0 Å². The second-order valence-corrected chi connectivity index (χ2v) is 10.5. The van der Waals surface area contributed by atoms with Crippen molar-refractivity contribution < 1.29 is 22.7 Å². The third-order valence-corrected chi connectivity index (χ3v) is 7.85. The predicted molar refractivity (Wildman–Crippen MR) is 128 cm³/mol. The van der Waals surface area contributed by atoms with Crippen LogP contribution in [-0.4, -0.2) is 25.5 Å². The van der Waals surface area contributed by atoms with E-state index in [1.54, 1.807) is 6.07 Å². The zero-order valence-electron chi connectivity index (χ0n) is 18.8.